The van der Waals surface area contributed by atoms with E-state index in [0.29, 0.717) is 18.7 Å². The second-order valence-corrected chi connectivity index (χ2v) is 6.60. The fourth-order valence-corrected chi connectivity index (χ4v) is 2.99. The van der Waals surface area contributed by atoms with E-state index >= 15 is 0 Å². The Hall–Kier alpha value is -2.11. The number of hydrogen-bond acceptors (Lipinski definition) is 4. The summed E-state index contributed by atoms with van der Waals surface area (Å²) in [5.74, 6) is 1.78. The van der Waals surface area contributed by atoms with Crippen LogP contribution in [0.2, 0.25) is 0 Å². The largest absolute Gasteiger partial charge is 0.465 e. The van der Waals surface area contributed by atoms with Gasteiger partial charge in [0.1, 0.15) is 11.5 Å². The SMILES string of the molecule is Cc1ccc([C@@H](C)NCc2cccc(C(=O)NC[C@@H]3CCCO3)c2)o1. The summed E-state index contributed by atoms with van der Waals surface area (Å²) in [6, 6.07) is 11.8. The molecule has 1 aliphatic rings. The number of aryl methyl sites for hydroxylation is 1. The van der Waals surface area contributed by atoms with Gasteiger partial charge in [0.15, 0.2) is 0 Å². The summed E-state index contributed by atoms with van der Waals surface area (Å²) in [5, 5.41) is 6.39. The van der Waals surface area contributed by atoms with Crippen molar-refractivity contribution in [1.29, 1.82) is 0 Å². The maximum Gasteiger partial charge on any atom is 0.251 e. The number of furan rings is 1. The van der Waals surface area contributed by atoms with Crippen LogP contribution in [-0.2, 0) is 11.3 Å². The Morgan fingerprint density at radius 3 is 2.92 bits per heavy atom. The molecule has 2 N–H and O–H groups in total. The Kier molecular flexibility index (Phi) is 5.89. The molecule has 0 unspecified atom stereocenters. The second-order valence-electron chi connectivity index (χ2n) is 6.60. The molecule has 1 aromatic carbocycles. The first-order valence-corrected chi connectivity index (χ1v) is 8.90. The van der Waals surface area contributed by atoms with Crippen molar-refractivity contribution in [3.05, 3.63) is 59.0 Å². The average Bonchev–Trinajstić information content (AvgIpc) is 3.29. The van der Waals surface area contributed by atoms with Crippen LogP contribution in [0.3, 0.4) is 0 Å². The third kappa shape index (κ3) is 4.94. The Labute approximate surface area is 148 Å². The highest BCUT2D eigenvalue weighted by atomic mass is 16.5. The number of amides is 1. The molecule has 1 saturated heterocycles. The molecule has 2 aromatic rings. The highest BCUT2D eigenvalue weighted by molar-refractivity contribution is 5.94. The van der Waals surface area contributed by atoms with E-state index in [9.17, 15) is 4.79 Å². The molecule has 0 radical (unpaired) electrons. The van der Waals surface area contributed by atoms with Crippen molar-refractivity contribution >= 4 is 5.91 Å². The van der Waals surface area contributed by atoms with E-state index in [1.807, 2.05) is 43.3 Å². The number of carbonyl (C=O) groups excluding carboxylic acids is 1. The Bertz CT molecular complexity index is 704. The maximum absolute atomic E-state index is 12.3. The molecule has 1 aliphatic heterocycles. The highest BCUT2D eigenvalue weighted by Crippen LogP contribution is 2.16. The molecule has 0 saturated carbocycles. The van der Waals surface area contributed by atoms with Gasteiger partial charge in [0, 0.05) is 25.3 Å². The lowest BCUT2D eigenvalue weighted by Crippen LogP contribution is -2.31. The standard InChI is InChI=1S/C20H26N2O3/c1-14-8-9-19(25-14)15(2)21-12-16-5-3-6-17(11-16)20(23)22-13-18-7-4-10-24-18/h3,5-6,8-9,11,15,18,21H,4,7,10,12-13H2,1-2H3,(H,22,23)/t15-,18+/m1/s1. The zero-order valence-corrected chi connectivity index (χ0v) is 14.9. The van der Waals surface area contributed by atoms with Crippen LogP contribution in [0, 0.1) is 6.92 Å². The summed E-state index contributed by atoms with van der Waals surface area (Å²) in [4.78, 5) is 12.3. The predicted octanol–water partition coefficient (Wildman–Crippen LogP) is 3.35. The minimum Gasteiger partial charge on any atom is -0.465 e. The highest BCUT2D eigenvalue weighted by Gasteiger charge is 2.17. The molecule has 1 fully saturated rings. The van der Waals surface area contributed by atoms with Crippen LogP contribution in [0.5, 0.6) is 0 Å². The van der Waals surface area contributed by atoms with Crippen molar-refractivity contribution < 1.29 is 13.9 Å². The second kappa shape index (κ2) is 8.32. The van der Waals surface area contributed by atoms with Crippen molar-refractivity contribution in [2.45, 2.75) is 45.4 Å². The van der Waals surface area contributed by atoms with Crippen molar-refractivity contribution in [1.82, 2.24) is 10.6 Å². The van der Waals surface area contributed by atoms with Gasteiger partial charge in [-0.15, -0.1) is 0 Å². The lowest BCUT2D eigenvalue weighted by Gasteiger charge is -2.13. The average molecular weight is 342 g/mol. The van der Waals surface area contributed by atoms with E-state index in [-0.39, 0.29) is 18.1 Å². The molecule has 2 heterocycles. The molecule has 25 heavy (non-hydrogen) atoms. The Balaban J connectivity index is 1.52. The minimum absolute atomic E-state index is 0.0490. The molecule has 0 spiro atoms. The van der Waals surface area contributed by atoms with Crippen LogP contribution < -0.4 is 10.6 Å². The van der Waals surface area contributed by atoms with E-state index in [1.54, 1.807) is 0 Å². The van der Waals surface area contributed by atoms with E-state index in [2.05, 4.69) is 17.6 Å². The van der Waals surface area contributed by atoms with Crippen LogP contribution in [0.25, 0.3) is 0 Å². The molecule has 2 atom stereocenters. The van der Waals surface area contributed by atoms with Crippen molar-refractivity contribution in [3.63, 3.8) is 0 Å². The normalized spacial score (nSPS) is 18.2. The number of carbonyl (C=O) groups is 1. The molecule has 0 aliphatic carbocycles. The monoisotopic (exact) mass is 342 g/mol. The molecule has 134 valence electrons. The van der Waals surface area contributed by atoms with Crippen LogP contribution in [0.4, 0.5) is 0 Å². The van der Waals surface area contributed by atoms with Crippen LogP contribution in [0.1, 0.15) is 53.2 Å². The molecule has 1 aromatic heterocycles. The van der Waals surface area contributed by atoms with Gasteiger partial charge in [-0.25, -0.2) is 0 Å². The topological polar surface area (TPSA) is 63.5 Å². The molecule has 1 amide bonds. The number of nitrogens with one attached hydrogen (secondary N) is 2. The van der Waals surface area contributed by atoms with Crippen LogP contribution >= 0.6 is 0 Å². The fourth-order valence-electron chi connectivity index (χ4n) is 2.99. The van der Waals surface area contributed by atoms with Gasteiger partial charge >= 0.3 is 0 Å². The lowest BCUT2D eigenvalue weighted by molar-refractivity contribution is 0.0857. The van der Waals surface area contributed by atoms with Gasteiger partial charge < -0.3 is 19.8 Å². The molecule has 5 nitrogen and oxygen atoms in total. The maximum atomic E-state index is 12.3. The van der Waals surface area contributed by atoms with Gasteiger partial charge in [0.05, 0.1) is 12.1 Å². The molecule has 3 rings (SSSR count). The summed E-state index contributed by atoms with van der Waals surface area (Å²) in [6.45, 7) is 6.06. The zero-order valence-electron chi connectivity index (χ0n) is 14.9. The first-order chi connectivity index (χ1) is 12.1. The van der Waals surface area contributed by atoms with E-state index in [1.165, 1.54) is 0 Å². The molecular formula is C20H26N2O3. The van der Waals surface area contributed by atoms with E-state index in [4.69, 9.17) is 9.15 Å². The summed E-state index contributed by atoms with van der Waals surface area (Å²) in [5.41, 5.74) is 1.75. The predicted molar refractivity (Wildman–Crippen MR) is 96.4 cm³/mol. The third-order valence-electron chi connectivity index (χ3n) is 4.50. The van der Waals surface area contributed by atoms with Crippen molar-refractivity contribution in [3.8, 4) is 0 Å². The first-order valence-electron chi connectivity index (χ1n) is 8.90. The third-order valence-corrected chi connectivity index (χ3v) is 4.50. The van der Waals surface area contributed by atoms with Gasteiger partial charge in [-0.3, -0.25) is 4.79 Å². The van der Waals surface area contributed by atoms with Crippen molar-refractivity contribution in [2.24, 2.45) is 0 Å². The van der Waals surface area contributed by atoms with Gasteiger partial charge in [0.25, 0.3) is 5.91 Å². The summed E-state index contributed by atoms with van der Waals surface area (Å²) in [6.07, 6.45) is 2.26. The number of hydrogen-bond donors (Lipinski definition) is 2. The Morgan fingerprint density at radius 2 is 2.20 bits per heavy atom. The molecular weight excluding hydrogens is 316 g/mol. The smallest absolute Gasteiger partial charge is 0.251 e. The van der Waals surface area contributed by atoms with Crippen molar-refractivity contribution in [2.75, 3.05) is 13.2 Å². The van der Waals surface area contributed by atoms with Gasteiger partial charge in [-0.05, 0) is 56.5 Å². The number of benzene rings is 1. The lowest BCUT2D eigenvalue weighted by atomic mass is 10.1. The van der Waals surface area contributed by atoms with Crippen LogP contribution in [-0.4, -0.2) is 25.2 Å². The van der Waals surface area contributed by atoms with Crippen LogP contribution in [0.15, 0.2) is 40.8 Å². The quantitative estimate of drug-likeness (QED) is 0.810. The summed E-state index contributed by atoms with van der Waals surface area (Å²) in [7, 11) is 0. The summed E-state index contributed by atoms with van der Waals surface area (Å²) < 4.78 is 11.2. The molecule has 0 bridgehead atoms. The van der Waals surface area contributed by atoms with E-state index < -0.39 is 0 Å². The number of rotatable bonds is 7. The van der Waals surface area contributed by atoms with Gasteiger partial charge in [0.2, 0.25) is 0 Å². The minimum atomic E-state index is -0.0490. The Morgan fingerprint density at radius 1 is 1.32 bits per heavy atom. The van der Waals surface area contributed by atoms with E-state index in [0.717, 1.165) is 36.5 Å². The fraction of sp³-hybridized carbons (Fsp3) is 0.450. The van der Waals surface area contributed by atoms with Gasteiger partial charge in [-0.2, -0.15) is 0 Å². The van der Waals surface area contributed by atoms with Gasteiger partial charge in [-0.1, -0.05) is 12.1 Å². The molecule has 5 heteroatoms. The zero-order chi connectivity index (χ0) is 17.6. The number of ether oxygens (including phenoxy) is 1. The summed E-state index contributed by atoms with van der Waals surface area (Å²) >= 11 is 0. The first kappa shape index (κ1) is 17.7.